The van der Waals surface area contributed by atoms with Gasteiger partial charge in [0.15, 0.2) is 0 Å². The number of carboxylic acids is 1. The topological polar surface area (TPSA) is 88.8 Å². The molecule has 1 aromatic carbocycles. The van der Waals surface area contributed by atoms with Crippen molar-refractivity contribution >= 4 is 11.9 Å². The molecule has 0 fully saturated rings. The summed E-state index contributed by atoms with van der Waals surface area (Å²) in [6.07, 6.45) is 1.53. The summed E-state index contributed by atoms with van der Waals surface area (Å²) in [4.78, 5) is 23.7. The van der Waals surface area contributed by atoms with E-state index in [9.17, 15) is 9.59 Å². The Kier molecular flexibility index (Phi) is 6.36. The van der Waals surface area contributed by atoms with E-state index in [1.807, 2.05) is 13.8 Å². The van der Waals surface area contributed by atoms with Crippen LogP contribution < -0.4 is 5.32 Å². The van der Waals surface area contributed by atoms with E-state index < -0.39 is 12.0 Å². The van der Waals surface area contributed by atoms with E-state index in [-0.39, 0.29) is 23.6 Å². The predicted molar refractivity (Wildman–Crippen MR) is 92.7 cm³/mol. The lowest BCUT2D eigenvalue weighted by atomic mass is 10.1. The monoisotopic (exact) mass is 345 g/mol. The van der Waals surface area contributed by atoms with E-state index in [1.54, 1.807) is 25.1 Å². The highest BCUT2D eigenvalue weighted by Crippen LogP contribution is 2.17. The molecule has 0 aliphatic heterocycles. The van der Waals surface area contributed by atoms with Gasteiger partial charge in [-0.1, -0.05) is 13.8 Å². The van der Waals surface area contributed by atoms with E-state index >= 15 is 0 Å². The number of ether oxygens (including phenoxy) is 1. The number of amides is 1. The number of aromatic carboxylic acids is 1. The number of hydrogen-bond acceptors (Lipinski definition) is 4. The molecule has 134 valence electrons. The second kappa shape index (κ2) is 8.48. The van der Waals surface area contributed by atoms with Gasteiger partial charge in [0, 0.05) is 12.2 Å². The van der Waals surface area contributed by atoms with Gasteiger partial charge in [0.25, 0.3) is 5.91 Å². The maximum atomic E-state index is 12.6. The fourth-order valence-electron chi connectivity index (χ4n) is 2.39. The molecule has 2 N–H and O–H groups in total. The highest BCUT2D eigenvalue weighted by molar-refractivity contribution is 5.98. The number of rotatable bonds is 8. The van der Waals surface area contributed by atoms with Crippen LogP contribution >= 0.6 is 0 Å². The number of hydrogen-bond donors (Lipinski definition) is 2. The molecular formula is C19H23NO5. The fourth-order valence-corrected chi connectivity index (χ4v) is 2.39. The molecule has 1 heterocycles. The lowest BCUT2D eigenvalue weighted by Gasteiger charge is -2.18. The number of benzene rings is 1. The van der Waals surface area contributed by atoms with Gasteiger partial charge < -0.3 is 19.6 Å². The average Bonchev–Trinajstić information content (AvgIpc) is 3.07. The lowest BCUT2D eigenvalue weighted by Crippen LogP contribution is -2.32. The van der Waals surface area contributed by atoms with Gasteiger partial charge in [-0.25, -0.2) is 4.79 Å². The molecule has 1 atom stereocenters. The minimum atomic E-state index is -1.07. The molecule has 6 nitrogen and oxygen atoms in total. The van der Waals surface area contributed by atoms with E-state index in [0.29, 0.717) is 23.8 Å². The molecule has 0 spiro atoms. The number of nitrogens with one attached hydrogen (secondary N) is 1. The minimum absolute atomic E-state index is 0.0794. The quantitative estimate of drug-likeness (QED) is 0.765. The van der Waals surface area contributed by atoms with Crippen LogP contribution in [0.5, 0.6) is 0 Å². The summed E-state index contributed by atoms with van der Waals surface area (Å²) in [5.41, 5.74) is 1.07. The van der Waals surface area contributed by atoms with Crippen molar-refractivity contribution in [3.63, 3.8) is 0 Å². The smallest absolute Gasteiger partial charge is 0.335 e. The number of carboxylic acid groups (broad SMARTS) is 1. The van der Waals surface area contributed by atoms with Crippen LogP contribution in [0.4, 0.5) is 0 Å². The Morgan fingerprint density at radius 1 is 1.20 bits per heavy atom. The number of furan rings is 1. The molecule has 1 unspecified atom stereocenters. The molecule has 0 aliphatic rings. The van der Waals surface area contributed by atoms with Crippen molar-refractivity contribution in [3.8, 4) is 0 Å². The van der Waals surface area contributed by atoms with Crippen LogP contribution in [-0.4, -0.2) is 30.2 Å². The maximum Gasteiger partial charge on any atom is 0.335 e. The van der Waals surface area contributed by atoms with Crippen LogP contribution in [0.15, 0.2) is 41.0 Å². The largest absolute Gasteiger partial charge is 0.478 e. The van der Waals surface area contributed by atoms with Crippen molar-refractivity contribution in [2.24, 2.45) is 5.92 Å². The molecule has 0 aliphatic carbocycles. The molecule has 0 radical (unpaired) electrons. The molecule has 0 bridgehead atoms. The molecule has 0 saturated carbocycles. The zero-order valence-electron chi connectivity index (χ0n) is 14.6. The molecule has 6 heteroatoms. The van der Waals surface area contributed by atoms with Crippen LogP contribution in [0, 0.1) is 12.8 Å². The number of carbonyl (C=O) groups is 2. The van der Waals surface area contributed by atoms with Gasteiger partial charge in [-0.2, -0.15) is 0 Å². The van der Waals surface area contributed by atoms with Crippen LogP contribution in [0.1, 0.15) is 51.9 Å². The lowest BCUT2D eigenvalue weighted by molar-refractivity contribution is 0.0696. The molecule has 1 amide bonds. The molecule has 2 aromatic rings. The number of carbonyl (C=O) groups excluding carboxylic acids is 1. The normalized spacial score (nSPS) is 12.2. The van der Waals surface area contributed by atoms with Gasteiger partial charge in [0.1, 0.15) is 11.8 Å². The maximum absolute atomic E-state index is 12.6. The first kappa shape index (κ1) is 18.7. The van der Waals surface area contributed by atoms with E-state index in [4.69, 9.17) is 14.3 Å². The van der Waals surface area contributed by atoms with Gasteiger partial charge in [-0.05, 0) is 48.7 Å². The zero-order chi connectivity index (χ0) is 18.4. The summed E-state index contributed by atoms with van der Waals surface area (Å²) in [6.45, 7) is 6.68. The Morgan fingerprint density at radius 3 is 2.52 bits per heavy atom. The fraction of sp³-hybridized carbons (Fsp3) is 0.368. The minimum Gasteiger partial charge on any atom is -0.478 e. The highest BCUT2D eigenvalue weighted by atomic mass is 16.5. The molecule has 2 rings (SSSR count). The third-order valence-corrected chi connectivity index (χ3v) is 3.51. The van der Waals surface area contributed by atoms with E-state index in [2.05, 4.69) is 5.32 Å². The van der Waals surface area contributed by atoms with Crippen molar-refractivity contribution in [1.82, 2.24) is 5.32 Å². The van der Waals surface area contributed by atoms with Crippen molar-refractivity contribution < 1.29 is 23.8 Å². The summed E-state index contributed by atoms with van der Waals surface area (Å²) in [7, 11) is 0. The first-order valence-corrected chi connectivity index (χ1v) is 8.13. The standard InChI is InChI=1S/C19H23NO5/c1-12(2)10-24-11-16(17-5-4-6-25-17)20-18(21)14-7-13(3)8-15(9-14)19(22)23/h4-9,12,16H,10-11H2,1-3H3,(H,20,21)(H,22,23). The van der Waals surface area contributed by atoms with Gasteiger partial charge in [-0.15, -0.1) is 0 Å². The summed E-state index contributed by atoms with van der Waals surface area (Å²) >= 11 is 0. The summed E-state index contributed by atoms with van der Waals surface area (Å²) in [5, 5.41) is 12.0. The third-order valence-electron chi connectivity index (χ3n) is 3.51. The van der Waals surface area contributed by atoms with E-state index in [1.165, 1.54) is 18.4 Å². The van der Waals surface area contributed by atoms with Gasteiger partial charge in [0.2, 0.25) is 0 Å². The third kappa shape index (κ3) is 5.46. The van der Waals surface area contributed by atoms with Crippen molar-refractivity contribution in [2.75, 3.05) is 13.2 Å². The summed E-state index contributed by atoms with van der Waals surface area (Å²) in [5.74, 6) is -0.479. The summed E-state index contributed by atoms with van der Waals surface area (Å²) < 4.78 is 11.0. The molecular weight excluding hydrogens is 322 g/mol. The Morgan fingerprint density at radius 2 is 1.92 bits per heavy atom. The first-order valence-electron chi connectivity index (χ1n) is 8.13. The van der Waals surface area contributed by atoms with Crippen LogP contribution in [-0.2, 0) is 4.74 Å². The van der Waals surface area contributed by atoms with Crippen LogP contribution in [0.25, 0.3) is 0 Å². The predicted octanol–water partition coefficient (Wildman–Crippen LogP) is 3.43. The van der Waals surface area contributed by atoms with Crippen LogP contribution in [0.2, 0.25) is 0 Å². The first-order chi connectivity index (χ1) is 11.9. The second-order valence-corrected chi connectivity index (χ2v) is 6.37. The molecule has 25 heavy (non-hydrogen) atoms. The second-order valence-electron chi connectivity index (χ2n) is 6.37. The number of aryl methyl sites for hydroxylation is 1. The van der Waals surface area contributed by atoms with Gasteiger partial charge in [-0.3, -0.25) is 4.79 Å². The van der Waals surface area contributed by atoms with Gasteiger partial charge >= 0.3 is 5.97 Å². The average molecular weight is 345 g/mol. The van der Waals surface area contributed by atoms with Crippen molar-refractivity contribution in [1.29, 1.82) is 0 Å². The molecule has 1 aromatic heterocycles. The highest BCUT2D eigenvalue weighted by Gasteiger charge is 2.20. The Labute approximate surface area is 146 Å². The summed E-state index contributed by atoms with van der Waals surface area (Å²) in [6, 6.07) is 7.59. The van der Waals surface area contributed by atoms with Crippen molar-refractivity contribution in [2.45, 2.75) is 26.8 Å². The Bertz CT molecular complexity index is 721. The van der Waals surface area contributed by atoms with Crippen molar-refractivity contribution in [3.05, 3.63) is 59.0 Å². The zero-order valence-corrected chi connectivity index (χ0v) is 14.6. The van der Waals surface area contributed by atoms with Gasteiger partial charge in [0.05, 0.1) is 18.4 Å². The Balaban J connectivity index is 2.15. The Hall–Kier alpha value is -2.60. The molecule has 0 saturated heterocycles. The van der Waals surface area contributed by atoms with Crippen LogP contribution in [0.3, 0.4) is 0 Å². The SMILES string of the molecule is Cc1cc(C(=O)O)cc(C(=O)NC(COCC(C)C)c2ccco2)c1. The van der Waals surface area contributed by atoms with E-state index in [0.717, 1.165) is 0 Å².